The van der Waals surface area contributed by atoms with Crippen molar-refractivity contribution in [1.82, 2.24) is 4.90 Å². The fraction of sp³-hybridized carbons (Fsp3) is 0.917. The van der Waals surface area contributed by atoms with Crippen LogP contribution in [0.5, 0.6) is 0 Å². The number of nitrogens with zero attached hydrogens (tertiary/aromatic N) is 1. The maximum absolute atomic E-state index is 11.9. The third-order valence-electron chi connectivity index (χ3n) is 2.67. The highest BCUT2D eigenvalue weighted by atomic mass is 16.7. The van der Waals surface area contributed by atoms with Gasteiger partial charge >= 0.3 is 6.09 Å². The van der Waals surface area contributed by atoms with Crippen LogP contribution >= 0.6 is 0 Å². The molecule has 0 spiro atoms. The van der Waals surface area contributed by atoms with E-state index in [0.717, 1.165) is 0 Å². The first kappa shape index (κ1) is 15.2. The molecule has 1 heterocycles. The van der Waals surface area contributed by atoms with Crippen LogP contribution in [0.3, 0.4) is 0 Å². The van der Waals surface area contributed by atoms with Crippen molar-refractivity contribution in [2.75, 3.05) is 33.6 Å². The predicted molar refractivity (Wildman–Crippen MR) is 65.1 cm³/mol. The lowest BCUT2D eigenvalue weighted by Crippen LogP contribution is -2.36. The van der Waals surface area contributed by atoms with Gasteiger partial charge in [-0.3, -0.25) is 0 Å². The third kappa shape index (κ3) is 4.44. The topological polar surface area (TPSA) is 68.2 Å². The molecule has 0 aliphatic carbocycles. The van der Waals surface area contributed by atoms with Crippen LogP contribution < -0.4 is 0 Å². The van der Waals surface area contributed by atoms with E-state index >= 15 is 0 Å². The van der Waals surface area contributed by atoms with Crippen LogP contribution in [-0.2, 0) is 14.2 Å². The molecular formula is C12H23NO5. The van der Waals surface area contributed by atoms with Crippen LogP contribution in [0.2, 0.25) is 0 Å². The van der Waals surface area contributed by atoms with E-state index in [9.17, 15) is 9.90 Å². The van der Waals surface area contributed by atoms with E-state index in [2.05, 4.69) is 0 Å². The Kier molecular flexibility index (Phi) is 5.37. The van der Waals surface area contributed by atoms with Gasteiger partial charge in [0.1, 0.15) is 12.4 Å². The van der Waals surface area contributed by atoms with Gasteiger partial charge in [-0.1, -0.05) is 0 Å². The first-order valence-electron chi connectivity index (χ1n) is 6.06. The van der Waals surface area contributed by atoms with Gasteiger partial charge in [0.2, 0.25) is 0 Å². The number of rotatable bonds is 4. The van der Waals surface area contributed by atoms with Crippen molar-refractivity contribution in [1.29, 1.82) is 0 Å². The number of amides is 1. The Balaban J connectivity index is 2.52. The maximum atomic E-state index is 11.9. The van der Waals surface area contributed by atoms with E-state index in [1.54, 1.807) is 4.90 Å². The molecule has 2 atom stereocenters. The molecule has 1 aliphatic heterocycles. The minimum absolute atomic E-state index is 0.0202. The van der Waals surface area contributed by atoms with Crippen molar-refractivity contribution in [2.45, 2.75) is 32.5 Å². The Morgan fingerprint density at radius 3 is 2.56 bits per heavy atom. The van der Waals surface area contributed by atoms with Crippen LogP contribution in [0.1, 0.15) is 20.8 Å². The van der Waals surface area contributed by atoms with E-state index in [4.69, 9.17) is 14.2 Å². The molecule has 0 unspecified atom stereocenters. The molecule has 1 rings (SSSR count). The highest BCUT2D eigenvalue weighted by Gasteiger charge is 2.37. The molecule has 1 N–H and O–H groups in total. The summed E-state index contributed by atoms with van der Waals surface area (Å²) in [6.07, 6.45) is -0.577. The van der Waals surface area contributed by atoms with Crippen molar-refractivity contribution in [2.24, 2.45) is 5.92 Å². The molecule has 6 nitrogen and oxygen atoms in total. The van der Waals surface area contributed by atoms with Crippen molar-refractivity contribution in [3.63, 3.8) is 0 Å². The number of likely N-dealkylation sites (tertiary alicyclic amines) is 1. The van der Waals surface area contributed by atoms with Gasteiger partial charge in [-0.05, 0) is 20.8 Å². The van der Waals surface area contributed by atoms with E-state index in [0.29, 0.717) is 13.1 Å². The van der Waals surface area contributed by atoms with Crippen LogP contribution in [0.15, 0.2) is 0 Å². The van der Waals surface area contributed by atoms with Gasteiger partial charge in [-0.15, -0.1) is 0 Å². The van der Waals surface area contributed by atoms with Gasteiger partial charge in [0, 0.05) is 19.6 Å². The summed E-state index contributed by atoms with van der Waals surface area (Å²) in [5, 5.41) is 9.27. The Morgan fingerprint density at radius 2 is 2.06 bits per heavy atom. The average molecular weight is 261 g/mol. The smallest absolute Gasteiger partial charge is 0.410 e. The van der Waals surface area contributed by atoms with E-state index in [1.165, 1.54) is 7.11 Å². The second kappa shape index (κ2) is 6.36. The monoisotopic (exact) mass is 261 g/mol. The molecule has 18 heavy (non-hydrogen) atoms. The molecule has 0 radical (unpaired) electrons. The van der Waals surface area contributed by atoms with E-state index in [-0.39, 0.29) is 31.5 Å². The van der Waals surface area contributed by atoms with Crippen LogP contribution in [0, 0.1) is 5.92 Å². The van der Waals surface area contributed by atoms with Gasteiger partial charge in [-0.25, -0.2) is 4.79 Å². The Labute approximate surface area is 108 Å². The summed E-state index contributed by atoms with van der Waals surface area (Å²) < 4.78 is 15.6. The highest BCUT2D eigenvalue weighted by molar-refractivity contribution is 5.68. The van der Waals surface area contributed by atoms with Crippen molar-refractivity contribution in [3.05, 3.63) is 0 Å². The summed E-state index contributed by atoms with van der Waals surface area (Å²) in [6.45, 7) is 6.47. The summed E-state index contributed by atoms with van der Waals surface area (Å²) in [5.74, 6) is -0.0901. The standard InChI is InChI=1S/C12H23NO5/c1-12(2,3)18-11(15)13-5-9(7-14)10(6-13)17-8-16-4/h9-10,14H,5-8H2,1-4H3/t9-,10-/m1/s1. The second-order valence-electron chi connectivity index (χ2n) is 5.44. The molecule has 0 aromatic carbocycles. The molecule has 6 heteroatoms. The lowest BCUT2D eigenvalue weighted by Gasteiger charge is -2.24. The lowest BCUT2D eigenvalue weighted by molar-refractivity contribution is -0.0847. The number of aliphatic hydroxyl groups excluding tert-OH is 1. The number of carbonyl (C=O) groups is 1. The van der Waals surface area contributed by atoms with E-state index < -0.39 is 5.60 Å². The molecule has 0 saturated carbocycles. The van der Waals surface area contributed by atoms with E-state index in [1.807, 2.05) is 20.8 Å². The molecular weight excluding hydrogens is 238 g/mol. The van der Waals surface area contributed by atoms with Crippen molar-refractivity contribution in [3.8, 4) is 0 Å². The number of carbonyl (C=O) groups excluding carboxylic acids is 1. The van der Waals surface area contributed by atoms with Gasteiger partial charge in [-0.2, -0.15) is 0 Å². The largest absolute Gasteiger partial charge is 0.444 e. The minimum atomic E-state index is -0.517. The highest BCUT2D eigenvalue weighted by Crippen LogP contribution is 2.22. The zero-order chi connectivity index (χ0) is 13.8. The quantitative estimate of drug-likeness (QED) is 0.759. The fourth-order valence-electron chi connectivity index (χ4n) is 1.84. The minimum Gasteiger partial charge on any atom is -0.444 e. The predicted octanol–water partition coefficient (Wildman–Crippen LogP) is 0.835. The Hall–Kier alpha value is -0.850. The van der Waals surface area contributed by atoms with Gasteiger partial charge in [0.15, 0.2) is 0 Å². The SMILES string of the molecule is COCO[C@@H]1CN(C(=O)OC(C)(C)C)C[C@@H]1CO. The van der Waals surface area contributed by atoms with Gasteiger partial charge < -0.3 is 24.2 Å². The summed E-state index contributed by atoms with van der Waals surface area (Å²) in [7, 11) is 1.54. The number of hydrogen-bond donors (Lipinski definition) is 1. The average Bonchev–Trinajstić information content (AvgIpc) is 2.67. The number of hydrogen-bond acceptors (Lipinski definition) is 5. The summed E-state index contributed by atoms with van der Waals surface area (Å²) in [6, 6.07) is 0. The summed E-state index contributed by atoms with van der Waals surface area (Å²) >= 11 is 0. The number of methoxy groups -OCH3 is 1. The lowest BCUT2D eigenvalue weighted by atomic mass is 10.1. The van der Waals surface area contributed by atoms with Crippen LogP contribution in [0.25, 0.3) is 0 Å². The fourth-order valence-corrected chi connectivity index (χ4v) is 1.84. The summed E-state index contributed by atoms with van der Waals surface area (Å²) in [4.78, 5) is 13.4. The van der Waals surface area contributed by atoms with Crippen LogP contribution in [-0.4, -0.2) is 61.4 Å². The van der Waals surface area contributed by atoms with Crippen molar-refractivity contribution < 1.29 is 24.1 Å². The first-order valence-corrected chi connectivity index (χ1v) is 6.06. The number of aliphatic hydroxyl groups is 1. The number of ether oxygens (including phenoxy) is 3. The zero-order valence-electron chi connectivity index (χ0n) is 11.5. The maximum Gasteiger partial charge on any atom is 0.410 e. The Morgan fingerprint density at radius 1 is 1.39 bits per heavy atom. The third-order valence-corrected chi connectivity index (χ3v) is 2.67. The molecule has 1 fully saturated rings. The van der Waals surface area contributed by atoms with Gasteiger partial charge in [0.25, 0.3) is 0 Å². The summed E-state index contributed by atoms with van der Waals surface area (Å²) in [5.41, 5.74) is -0.517. The second-order valence-corrected chi connectivity index (χ2v) is 5.44. The molecule has 106 valence electrons. The molecule has 1 saturated heterocycles. The molecule has 0 aromatic heterocycles. The normalized spacial score (nSPS) is 24.4. The first-order chi connectivity index (χ1) is 8.37. The molecule has 0 bridgehead atoms. The van der Waals surface area contributed by atoms with Gasteiger partial charge in [0.05, 0.1) is 19.3 Å². The van der Waals surface area contributed by atoms with Crippen molar-refractivity contribution >= 4 is 6.09 Å². The Bertz CT molecular complexity index is 276. The molecule has 1 aliphatic rings. The van der Waals surface area contributed by atoms with Crippen LogP contribution in [0.4, 0.5) is 4.79 Å². The molecule has 0 aromatic rings. The zero-order valence-corrected chi connectivity index (χ0v) is 11.5. The molecule has 1 amide bonds.